The van der Waals surface area contributed by atoms with Gasteiger partial charge in [-0.15, -0.1) is 0 Å². The molecule has 33 heavy (non-hydrogen) atoms. The summed E-state index contributed by atoms with van der Waals surface area (Å²) in [4.78, 5) is 2.60. The van der Waals surface area contributed by atoms with E-state index in [9.17, 15) is 0 Å². The Bertz CT molecular complexity index is 1100. The van der Waals surface area contributed by atoms with Crippen LogP contribution in [0.3, 0.4) is 0 Å². The number of aromatic nitrogens is 2. The van der Waals surface area contributed by atoms with Crippen molar-refractivity contribution in [1.29, 1.82) is 0 Å². The van der Waals surface area contributed by atoms with Crippen LogP contribution in [-0.2, 0) is 12.8 Å². The summed E-state index contributed by atoms with van der Waals surface area (Å²) < 4.78 is 12.3. The van der Waals surface area contributed by atoms with Crippen molar-refractivity contribution in [3.63, 3.8) is 0 Å². The van der Waals surface area contributed by atoms with E-state index in [4.69, 9.17) is 7.96 Å². The molecule has 0 spiro atoms. The van der Waals surface area contributed by atoms with Crippen molar-refractivity contribution in [2.75, 3.05) is 0 Å². The van der Waals surface area contributed by atoms with E-state index in [1.54, 1.807) is 0 Å². The van der Waals surface area contributed by atoms with E-state index >= 15 is 0 Å². The molecule has 0 aliphatic heterocycles. The molecule has 0 atom stereocenters. The topological polar surface area (TPSA) is 25.8 Å². The Morgan fingerprint density at radius 1 is 0.697 bits per heavy atom. The summed E-state index contributed by atoms with van der Waals surface area (Å²) in [7, 11) is 0. The summed E-state index contributed by atoms with van der Waals surface area (Å²) >= 11 is 11.3. The van der Waals surface area contributed by atoms with Crippen molar-refractivity contribution in [3.8, 4) is 20.9 Å². The van der Waals surface area contributed by atoms with Crippen molar-refractivity contribution < 1.29 is 0 Å². The molecule has 0 fully saturated rings. The van der Waals surface area contributed by atoms with Crippen LogP contribution in [0.5, 0.6) is 0 Å². The standard InChI is InChI=1S/C26H30Br2N2S2Se/c1-3-5-7-9-11-17-15-21(31-25(17)27)19-13-14-20(24-23(19)29-33-30-24)22-16-18(26(28)32-22)12-10-8-6-4-2/h13-16H,3-12H2,1-2H3. The molecule has 4 rings (SSSR count). The van der Waals surface area contributed by atoms with E-state index in [1.807, 2.05) is 22.7 Å². The summed E-state index contributed by atoms with van der Waals surface area (Å²) in [6.07, 6.45) is 12.6. The molecule has 3 aromatic heterocycles. The third-order valence-electron chi connectivity index (χ3n) is 6.06. The quantitative estimate of drug-likeness (QED) is 0.111. The van der Waals surface area contributed by atoms with Gasteiger partial charge in [0.2, 0.25) is 0 Å². The van der Waals surface area contributed by atoms with Crippen molar-refractivity contribution >= 4 is 80.5 Å². The van der Waals surface area contributed by atoms with Gasteiger partial charge in [0.15, 0.2) is 0 Å². The van der Waals surface area contributed by atoms with E-state index < -0.39 is 0 Å². The number of benzene rings is 1. The molecule has 0 radical (unpaired) electrons. The molecule has 0 saturated heterocycles. The molecule has 7 heteroatoms. The number of hydrogen-bond acceptors (Lipinski definition) is 4. The molecule has 0 bridgehead atoms. The van der Waals surface area contributed by atoms with Crippen LogP contribution in [-0.4, -0.2) is 22.9 Å². The molecule has 3 heterocycles. The molecule has 1 aromatic carbocycles. The fraction of sp³-hybridized carbons (Fsp3) is 0.462. The van der Waals surface area contributed by atoms with Gasteiger partial charge in [0.1, 0.15) is 0 Å². The van der Waals surface area contributed by atoms with Crippen LogP contribution in [0.25, 0.3) is 31.9 Å². The molecule has 0 amide bonds. The second-order valence-electron chi connectivity index (χ2n) is 8.56. The van der Waals surface area contributed by atoms with Gasteiger partial charge in [0.25, 0.3) is 0 Å². The molecule has 2 nitrogen and oxygen atoms in total. The van der Waals surface area contributed by atoms with Gasteiger partial charge in [0.05, 0.1) is 0 Å². The number of fused-ring (bicyclic) bond motifs is 1. The SMILES string of the molecule is CCCCCCc1cc(-c2ccc(-c3cc(CCCCCC)c(Br)s3)c3n[se]nc23)sc1Br. The predicted octanol–water partition coefficient (Wildman–Crippen LogP) is 9.91. The fourth-order valence-corrected chi connectivity index (χ4v) is 8.97. The van der Waals surface area contributed by atoms with Crippen molar-refractivity contribution in [1.82, 2.24) is 7.96 Å². The normalized spacial score (nSPS) is 11.6. The summed E-state index contributed by atoms with van der Waals surface area (Å²) in [5.41, 5.74) is 7.51. The fourth-order valence-electron chi connectivity index (χ4n) is 4.17. The van der Waals surface area contributed by atoms with Gasteiger partial charge in [-0.05, 0) is 0 Å². The Labute approximate surface area is 228 Å². The van der Waals surface area contributed by atoms with Crippen LogP contribution in [0.1, 0.15) is 76.3 Å². The number of hydrogen-bond donors (Lipinski definition) is 0. The molecule has 4 aromatic rings. The number of halogens is 2. The van der Waals surface area contributed by atoms with Crippen LogP contribution < -0.4 is 0 Å². The molecular formula is C26H30Br2N2S2Se. The number of thiophene rings is 2. The Morgan fingerprint density at radius 3 is 1.58 bits per heavy atom. The van der Waals surface area contributed by atoms with Gasteiger partial charge in [-0.1, -0.05) is 0 Å². The summed E-state index contributed by atoms with van der Waals surface area (Å²) in [6, 6.07) is 9.27. The first-order chi connectivity index (χ1) is 16.1. The minimum absolute atomic E-state index is 0.0534. The molecule has 0 saturated carbocycles. The number of unbranched alkanes of at least 4 members (excludes halogenated alkanes) is 6. The van der Waals surface area contributed by atoms with Crippen molar-refractivity contribution in [2.45, 2.75) is 78.1 Å². The van der Waals surface area contributed by atoms with E-state index in [1.165, 1.54) is 90.9 Å². The first-order valence-electron chi connectivity index (χ1n) is 11.9. The monoisotopic (exact) mass is 672 g/mol. The van der Waals surface area contributed by atoms with Gasteiger partial charge in [-0.25, -0.2) is 0 Å². The second kappa shape index (κ2) is 12.6. The van der Waals surface area contributed by atoms with Gasteiger partial charge in [0, 0.05) is 0 Å². The zero-order valence-electron chi connectivity index (χ0n) is 19.3. The minimum atomic E-state index is -0.0534. The average Bonchev–Trinajstić information content (AvgIpc) is 3.53. The maximum absolute atomic E-state index is 4.87. The first kappa shape index (κ1) is 25.8. The molecular weight excluding hydrogens is 643 g/mol. The van der Waals surface area contributed by atoms with Crippen LogP contribution in [0.15, 0.2) is 31.8 Å². The van der Waals surface area contributed by atoms with E-state index in [0.717, 1.165) is 23.9 Å². The Morgan fingerprint density at radius 2 is 1.15 bits per heavy atom. The van der Waals surface area contributed by atoms with Crippen molar-refractivity contribution in [3.05, 3.63) is 43.0 Å². The van der Waals surface area contributed by atoms with Gasteiger partial charge < -0.3 is 0 Å². The average molecular weight is 673 g/mol. The molecule has 176 valence electrons. The first-order valence-corrected chi connectivity index (χ1v) is 16.7. The molecule has 0 N–H and O–H groups in total. The zero-order valence-corrected chi connectivity index (χ0v) is 25.8. The van der Waals surface area contributed by atoms with Crippen LogP contribution in [0, 0.1) is 0 Å². The summed E-state index contributed by atoms with van der Waals surface area (Å²) in [6.45, 7) is 4.53. The van der Waals surface area contributed by atoms with Crippen LogP contribution >= 0.6 is 54.5 Å². The van der Waals surface area contributed by atoms with Crippen LogP contribution in [0.2, 0.25) is 0 Å². The predicted molar refractivity (Wildman–Crippen MR) is 154 cm³/mol. The molecule has 0 aliphatic carbocycles. The van der Waals surface area contributed by atoms with Gasteiger partial charge >= 0.3 is 230 Å². The number of aryl methyl sites for hydroxylation is 2. The van der Waals surface area contributed by atoms with Crippen molar-refractivity contribution in [2.24, 2.45) is 0 Å². The maximum atomic E-state index is 4.87. The number of nitrogens with zero attached hydrogens (tertiary/aromatic N) is 2. The third-order valence-corrected chi connectivity index (χ3v) is 11.2. The molecule has 0 unspecified atom stereocenters. The van der Waals surface area contributed by atoms with E-state index in [-0.39, 0.29) is 15.0 Å². The summed E-state index contributed by atoms with van der Waals surface area (Å²) in [5.74, 6) is 0. The number of rotatable bonds is 12. The Balaban J connectivity index is 1.59. The van der Waals surface area contributed by atoms with Gasteiger partial charge in [-0.2, -0.15) is 0 Å². The summed E-state index contributed by atoms with van der Waals surface area (Å²) in [5, 5.41) is 0. The Kier molecular flexibility index (Phi) is 9.84. The van der Waals surface area contributed by atoms with Crippen LogP contribution in [0.4, 0.5) is 0 Å². The van der Waals surface area contributed by atoms with E-state index in [2.05, 4.69) is 70.0 Å². The van der Waals surface area contributed by atoms with Gasteiger partial charge in [-0.3, -0.25) is 0 Å². The third kappa shape index (κ3) is 6.28. The molecule has 0 aliphatic rings. The van der Waals surface area contributed by atoms with E-state index in [0.29, 0.717) is 0 Å². The zero-order chi connectivity index (χ0) is 23.2. The Hall–Kier alpha value is -0.301. The second-order valence-corrected chi connectivity index (χ2v) is 14.4.